The van der Waals surface area contributed by atoms with Gasteiger partial charge < -0.3 is 5.32 Å². The van der Waals surface area contributed by atoms with E-state index in [9.17, 15) is 18.0 Å². The predicted molar refractivity (Wildman–Crippen MR) is 52.6 cm³/mol. The van der Waals surface area contributed by atoms with E-state index in [0.717, 1.165) is 24.8 Å². The fraction of sp³-hybridized carbons (Fsp3) is 0.545. The lowest BCUT2D eigenvalue weighted by Gasteiger charge is -2.25. The Morgan fingerprint density at radius 1 is 1.44 bits per heavy atom. The first kappa shape index (κ1) is 11.2. The Labute approximate surface area is 91.2 Å². The molecule has 0 bridgehead atoms. The molecule has 5 heteroatoms. The highest BCUT2D eigenvalue weighted by Gasteiger charge is 2.40. The molecule has 0 fully saturated rings. The maximum absolute atomic E-state index is 12.1. The average molecular weight is 231 g/mol. The second kappa shape index (κ2) is 3.96. The van der Waals surface area contributed by atoms with Gasteiger partial charge in [0.1, 0.15) is 0 Å². The molecule has 0 saturated carbocycles. The third kappa shape index (κ3) is 2.13. The monoisotopic (exact) mass is 231 g/mol. The molecule has 2 aliphatic carbocycles. The smallest absolute Gasteiger partial charge is 0.341 e. The Morgan fingerprint density at radius 3 is 2.88 bits per heavy atom. The van der Waals surface area contributed by atoms with Gasteiger partial charge in [-0.15, -0.1) is 0 Å². The van der Waals surface area contributed by atoms with Crippen molar-refractivity contribution in [3.63, 3.8) is 0 Å². The van der Waals surface area contributed by atoms with Crippen molar-refractivity contribution in [2.45, 2.75) is 37.9 Å². The fourth-order valence-corrected chi connectivity index (χ4v) is 2.24. The molecular weight excluding hydrogens is 219 g/mol. The summed E-state index contributed by atoms with van der Waals surface area (Å²) in [7, 11) is 0. The van der Waals surface area contributed by atoms with E-state index in [1.807, 2.05) is 12.2 Å². The molecule has 0 spiro atoms. The molecule has 16 heavy (non-hydrogen) atoms. The van der Waals surface area contributed by atoms with Crippen molar-refractivity contribution in [3.05, 3.63) is 23.3 Å². The molecule has 0 aromatic rings. The first-order chi connectivity index (χ1) is 7.48. The number of alkyl halides is 3. The standard InChI is InChI=1S/C11H12F3NO/c12-11(13,14)10(16)15-9-6-2-4-7-3-1-5-8(7)9/h1,5,9H,2-4,6H2,(H,15,16)/t9-/m0/s1. The number of hydrogen-bond acceptors (Lipinski definition) is 1. The second-order valence-corrected chi connectivity index (χ2v) is 4.08. The molecule has 0 saturated heterocycles. The number of hydrogen-bond donors (Lipinski definition) is 1. The average Bonchev–Trinajstić information content (AvgIpc) is 2.65. The number of carbonyl (C=O) groups is 1. The van der Waals surface area contributed by atoms with Gasteiger partial charge in [-0.3, -0.25) is 4.79 Å². The summed E-state index contributed by atoms with van der Waals surface area (Å²) in [5.74, 6) is -1.84. The lowest BCUT2D eigenvalue weighted by Crippen LogP contribution is -2.44. The second-order valence-electron chi connectivity index (χ2n) is 4.08. The van der Waals surface area contributed by atoms with Gasteiger partial charge in [0.05, 0.1) is 6.04 Å². The van der Waals surface area contributed by atoms with Crippen LogP contribution in [0.5, 0.6) is 0 Å². The summed E-state index contributed by atoms with van der Waals surface area (Å²) in [5, 5.41) is 2.06. The van der Waals surface area contributed by atoms with Gasteiger partial charge in [-0.05, 0) is 31.3 Å². The minimum Gasteiger partial charge on any atom is -0.341 e. The van der Waals surface area contributed by atoms with Crippen molar-refractivity contribution in [2.24, 2.45) is 0 Å². The van der Waals surface area contributed by atoms with Gasteiger partial charge in [-0.1, -0.05) is 17.7 Å². The van der Waals surface area contributed by atoms with Crippen molar-refractivity contribution in [2.75, 3.05) is 0 Å². The Kier molecular flexibility index (Phi) is 2.78. The van der Waals surface area contributed by atoms with E-state index >= 15 is 0 Å². The topological polar surface area (TPSA) is 29.1 Å². The maximum atomic E-state index is 12.1. The molecule has 0 heterocycles. The van der Waals surface area contributed by atoms with E-state index in [-0.39, 0.29) is 0 Å². The first-order valence-corrected chi connectivity index (χ1v) is 5.24. The molecule has 1 N–H and O–H groups in total. The zero-order valence-corrected chi connectivity index (χ0v) is 8.60. The van der Waals surface area contributed by atoms with Crippen molar-refractivity contribution in [1.82, 2.24) is 5.32 Å². The van der Waals surface area contributed by atoms with E-state index in [4.69, 9.17) is 0 Å². The Morgan fingerprint density at radius 2 is 2.19 bits per heavy atom. The fourth-order valence-electron chi connectivity index (χ4n) is 2.24. The SMILES string of the molecule is O=C(N[C@H]1CCCC2=C1C=CC2)C(F)(F)F. The van der Waals surface area contributed by atoms with Crippen LogP contribution in [0.1, 0.15) is 25.7 Å². The molecule has 1 amide bonds. The van der Waals surface area contributed by atoms with Crippen LogP contribution < -0.4 is 5.32 Å². The van der Waals surface area contributed by atoms with Gasteiger partial charge >= 0.3 is 12.1 Å². The number of carbonyl (C=O) groups excluding carboxylic acids is 1. The van der Waals surface area contributed by atoms with Crippen molar-refractivity contribution in [1.29, 1.82) is 0 Å². The van der Waals surface area contributed by atoms with Crippen molar-refractivity contribution in [3.8, 4) is 0 Å². The summed E-state index contributed by atoms with van der Waals surface area (Å²) >= 11 is 0. The number of amides is 1. The van der Waals surface area contributed by atoms with Gasteiger partial charge in [-0.25, -0.2) is 0 Å². The van der Waals surface area contributed by atoms with Crippen LogP contribution >= 0.6 is 0 Å². The molecule has 0 aromatic carbocycles. The number of rotatable bonds is 1. The minimum atomic E-state index is -4.79. The molecule has 88 valence electrons. The van der Waals surface area contributed by atoms with E-state index in [1.165, 1.54) is 5.57 Å². The summed E-state index contributed by atoms with van der Waals surface area (Å²) in [6.07, 6.45) is 2.14. The van der Waals surface area contributed by atoms with Crippen molar-refractivity contribution >= 4 is 5.91 Å². The lowest BCUT2D eigenvalue weighted by atomic mass is 9.89. The van der Waals surface area contributed by atoms with Gasteiger partial charge in [0.2, 0.25) is 0 Å². The third-order valence-electron chi connectivity index (χ3n) is 2.98. The van der Waals surface area contributed by atoms with Crippen molar-refractivity contribution < 1.29 is 18.0 Å². The van der Waals surface area contributed by atoms with E-state index in [2.05, 4.69) is 5.32 Å². The first-order valence-electron chi connectivity index (χ1n) is 5.24. The van der Waals surface area contributed by atoms with Gasteiger partial charge in [0.25, 0.3) is 0 Å². The summed E-state index contributed by atoms with van der Waals surface area (Å²) in [6.45, 7) is 0. The molecule has 0 aromatic heterocycles. The number of nitrogens with one attached hydrogen (secondary N) is 1. The predicted octanol–water partition coefficient (Wildman–Crippen LogP) is 2.47. The zero-order valence-electron chi connectivity index (χ0n) is 8.60. The molecule has 1 atom stereocenters. The molecule has 0 unspecified atom stereocenters. The van der Waals surface area contributed by atoms with Crippen LogP contribution in [0, 0.1) is 0 Å². The van der Waals surface area contributed by atoms with Crippen LogP contribution in [0.15, 0.2) is 23.3 Å². The Hall–Kier alpha value is -1.26. The van der Waals surface area contributed by atoms with Crippen LogP contribution in [-0.2, 0) is 4.79 Å². The molecule has 2 rings (SSSR count). The third-order valence-corrected chi connectivity index (χ3v) is 2.98. The number of allylic oxidation sites excluding steroid dienone is 2. The normalized spacial score (nSPS) is 24.6. The van der Waals surface area contributed by atoms with E-state index in [0.29, 0.717) is 6.42 Å². The van der Waals surface area contributed by atoms with Gasteiger partial charge in [0, 0.05) is 0 Å². The summed E-state index contributed by atoms with van der Waals surface area (Å²) in [6, 6.07) is -0.461. The number of halogens is 3. The van der Waals surface area contributed by atoms with Gasteiger partial charge in [0.15, 0.2) is 0 Å². The molecule has 2 nitrogen and oxygen atoms in total. The van der Waals surface area contributed by atoms with Crippen LogP contribution in [0.2, 0.25) is 0 Å². The quantitative estimate of drug-likeness (QED) is 0.738. The van der Waals surface area contributed by atoms with Gasteiger partial charge in [-0.2, -0.15) is 13.2 Å². The minimum absolute atomic E-state index is 0.461. The Balaban J connectivity index is 2.08. The largest absolute Gasteiger partial charge is 0.471 e. The summed E-state index contributed by atoms with van der Waals surface area (Å²) in [4.78, 5) is 10.8. The van der Waals surface area contributed by atoms with Crippen LogP contribution in [0.25, 0.3) is 0 Å². The van der Waals surface area contributed by atoms with E-state index < -0.39 is 18.1 Å². The summed E-state index contributed by atoms with van der Waals surface area (Å²) in [5.41, 5.74) is 2.04. The molecular formula is C11H12F3NO. The molecule has 0 aliphatic heterocycles. The van der Waals surface area contributed by atoms with Crippen LogP contribution in [-0.4, -0.2) is 18.1 Å². The molecule has 0 radical (unpaired) electrons. The van der Waals surface area contributed by atoms with Crippen LogP contribution in [0.4, 0.5) is 13.2 Å². The lowest BCUT2D eigenvalue weighted by molar-refractivity contribution is -0.174. The van der Waals surface area contributed by atoms with Crippen LogP contribution in [0.3, 0.4) is 0 Å². The van der Waals surface area contributed by atoms with E-state index in [1.54, 1.807) is 0 Å². The highest BCUT2D eigenvalue weighted by atomic mass is 19.4. The maximum Gasteiger partial charge on any atom is 0.471 e. The zero-order chi connectivity index (χ0) is 11.8. The highest BCUT2D eigenvalue weighted by molar-refractivity contribution is 5.82. The molecule has 2 aliphatic rings. The highest BCUT2D eigenvalue weighted by Crippen LogP contribution is 2.33. The Bertz CT molecular complexity index is 368. The summed E-state index contributed by atoms with van der Waals surface area (Å²) < 4.78 is 36.3.